The lowest BCUT2D eigenvalue weighted by Gasteiger charge is -2.35. The topological polar surface area (TPSA) is 89.4 Å². The van der Waals surface area contributed by atoms with Crippen molar-refractivity contribution < 1.29 is 4.79 Å². The van der Waals surface area contributed by atoms with Crippen LogP contribution in [-0.4, -0.2) is 43.0 Å². The van der Waals surface area contributed by atoms with Crippen LogP contribution in [0.5, 0.6) is 0 Å². The highest BCUT2D eigenvalue weighted by atomic mass is 16.2. The summed E-state index contributed by atoms with van der Waals surface area (Å²) in [5.41, 5.74) is 11.6. The summed E-state index contributed by atoms with van der Waals surface area (Å²) in [4.78, 5) is 25.2. The Labute approximate surface area is 199 Å². The van der Waals surface area contributed by atoms with Crippen molar-refractivity contribution in [2.45, 2.75) is 63.5 Å². The smallest absolute Gasteiger partial charge is 0.256 e. The van der Waals surface area contributed by atoms with Crippen LogP contribution in [0.3, 0.4) is 0 Å². The second-order valence-electron chi connectivity index (χ2n) is 9.84. The fourth-order valence-corrected chi connectivity index (χ4v) is 5.80. The zero-order valence-corrected chi connectivity index (χ0v) is 19.5. The molecule has 0 spiro atoms. The van der Waals surface area contributed by atoms with Gasteiger partial charge in [-0.2, -0.15) is 5.10 Å². The van der Waals surface area contributed by atoms with Crippen LogP contribution in [0.2, 0.25) is 0 Å². The number of carbonyl (C=O) groups is 1. The number of hydrogen-bond donors (Lipinski definition) is 1. The average molecular weight is 455 g/mol. The fraction of sp³-hybridized carbons (Fsp3) is 0.407. The molecule has 4 heterocycles. The van der Waals surface area contributed by atoms with E-state index < -0.39 is 0 Å². The number of aromatic nitrogens is 4. The third-order valence-electron chi connectivity index (χ3n) is 7.52. The first-order valence-corrected chi connectivity index (χ1v) is 12.4. The summed E-state index contributed by atoms with van der Waals surface area (Å²) in [7, 11) is 0. The second kappa shape index (κ2) is 8.47. The van der Waals surface area contributed by atoms with E-state index in [0.717, 1.165) is 78.6 Å². The van der Waals surface area contributed by atoms with Crippen LogP contribution in [-0.2, 0) is 0 Å². The first-order valence-electron chi connectivity index (χ1n) is 12.4. The van der Waals surface area contributed by atoms with Crippen molar-refractivity contribution in [3.8, 4) is 0 Å². The van der Waals surface area contributed by atoms with E-state index in [1.807, 2.05) is 39.7 Å². The molecule has 6 rings (SSSR count). The maximum atomic E-state index is 13.7. The summed E-state index contributed by atoms with van der Waals surface area (Å²) in [6.07, 6.45) is 9.95. The second-order valence-corrected chi connectivity index (χ2v) is 9.84. The van der Waals surface area contributed by atoms with Crippen molar-refractivity contribution >= 4 is 22.5 Å². The Balaban J connectivity index is 1.35. The normalized spacial score (nSPS) is 23.1. The number of likely N-dealkylation sites (tertiary alicyclic amines) is 1. The fourth-order valence-electron chi connectivity index (χ4n) is 5.80. The summed E-state index contributed by atoms with van der Waals surface area (Å²) in [5, 5.41) is 5.87. The van der Waals surface area contributed by atoms with Crippen molar-refractivity contribution in [1.82, 2.24) is 24.5 Å². The number of rotatable bonds is 3. The highest BCUT2D eigenvalue weighted by Crippen LogP contribution is 2.36. The molecule has 0 bridgehead atoms. The summed E-state index contributed by atoms with van der Waals surface area (Å²) < 4.78 is 1.87. The Bertz CT molecular complexity index is 1370. The van der Waals surface area contributed by atoms with Gasteiger partial charge in [0.15, 0.2) is 5.65 Å². The number of nitrogens with two attached hydrogens (primary N) is 1. The van der Waals surface area contributed by atoms with Gasteiger partial charge < -0.3 is 10.6 Å². The van der Waals surface area contributed by atoms with Gasteiger partial charge in [0.2, 0.25) is 0 Å². The average Bonchev–Trinajstić information content (AvgIpc) is 3.48. The predicted octanol–water partition coefficient (Wildman–Crippen LogP) is 4.55. The van der Waals surface area contributed by atoms with E-state index in [-0.39, 0.29) is 18.0 Å². The Morgan fingerprint density at radius 3 is 2.85 bits per heavy atom. The Kier molecular flexibility index (Phi) is 5.29. The zero-order chi connectivity index (χ0) is 23.2. The third-order valence-corrected chi connectivity index (χ3v) is 7.52. The lowest BCUT2D eigenvalue weighted by Crippen LogP contribution is -2.38. The van der Waals surface area contributed by atoms with E-state index in [9.17, 15) is 4.79 Å². The minimum atomic E-state index is -0.0643. The minimum absolute atomic E-state index is 0.0239. The number of carbonyl (C=O) groups excluding carboxylic acids is 1. The van der Waals surface area contributed by atoms with Crippen LogP contribution in [0.25, 0.3) is 16.6 Å². The molecule has 7 nitrogen and oxygen atoms in total. The molecule has 0 radical (unpaired) electrons. The number of nitrogens with zero attached hydrogens (tertiary/aromatic N) is 5. The van der Waals surface area contributed by atoms with Gasteiger partial charge in [0.25, 0.3) is 5.91 Å². The minimum Gasteiger partial charge on any atom is -0.330 e. The maximum Gasteiger partial charge on any atom is 0.256 e. The maximum absolute atomic E-state index is 13.7. The van der Waals surface area contributed by atoms with E-state index in [0.29, 0.717) is 11.5 Å². The monoisotopic (exact) mass is 454 g/mol. The molecule has 2 fully saturated rings. The number of para-hydroxylation sites is 1. The molecule has 1 aliphatic carbocycles. The van der Waals surface area contributed by atoms with Crippen molar-refractivity contribution in [3.05, 3.63) is 71.3 Å². The first kappa shape index (κ1) is 21.2. The molecule has 7 heteroatoms. The Morgan fingerprint density at radius 1 is 1.12 bits per heavy atom. The van der Waals surface area contributed by atoms with Gasteiger partial charge in [0, 0.05) is 42.4 Å². The molecule has 3 atom stereocenters. The quantitative estimate of drug-likeness (QED) is 0.491. The highest BCUT2D eigenvalue weighted by molar-refractivity contribution is 6.05. The standard InChI is InChI=1S/C27H30N6O/c1-17-16-33-24(30-25(17)19-10-11-20(28)14-19)15-22(31-33)23-9-2-3-13-32(23)27(34)21-8-4-6-18-7-5-12-29-26(18)21/h4-8,12,15-16,19-20,23H,2-3,9-11,13-14,28H2,1H3/t19?,20-,23-/m0/s1. The van der Waals surface area contributed by atoms with Crippen LogP contribution in [0.4, 0.5) is 0 Å². The summed E-state index contributed by atoms with van der Waals surface area (Å²) in [6, 6.07) is 12.0. The molecular formula is C27H30N6O. The SMILES string of the molecule is Cc1cn2nc([C@@H]3CCCCN3C(=O)c3cccc4cccnc34)cc2nc1C1CC[C@H](N)C1. The van der Waals surface area contributed by atoms with Crippen molar-refractivity contribution in [2.75, 3.05) is 6.54 Å². The molecule has 34 heavy (non-hydrogen) atoms. The number of benzene rings is 1. The highest BCUT2D eigenvalue weighted by Gasteiger charge is 2.32. The Hall–Kier alpha value is -3.32. The molecule has 2 N–H and O–H groups in total. The van der Waals surface area contributed by atoms with Gasteiger partial charge in [-0.15, -0.1) is 0 Å². The third kappa shape index (κ3) is 3.64. The summed E-state index contributed by atoms with van der Waals surface area (Å²) in [6.45, 7) is 2.83. The molecule has 2 aliphatic rings. The van der Waals surface area contributed by atoms with E-state index in [1.54, 1.807) is 6.20 Å². The summed E-state index contributed by atoms with van der Waals surface area (Å²) >= 11 is 0. The van der Waals surface area contributed by atoms with Gasteiger partial charge in [-0.1, -0.05) is 18.2 Å². The number of amides is 1. The van der Waals surface area contributed by atoms with Gasteiger partial charge in [0.1, 0.15) is 0 Å². The van der Waals surface area contributed by atoms with Gasteiger partial charge in [-0.25, -0.2) is 9.50 Å². The molecule has 1 saturated carbocycles. The van der Waals surface area contributed by atoms with E-state index in [2.05, 4.69) is 24.2 Å². The molecule has 1 unspecified atom stereocenters. The van der Waals surface area contributed by atoms with Crippen LogP contribution in [0.1, 0.15) is 77.8 Å². The molecule has 1 aromatic carbocycles. The number of fused-ring (bicyclic) bond motifs is 2. The van der Waals surface area contributed by atoms with Gasteiger partial charge in [0.05, 0.1) is 28.5 Å². The first-order chi connectivity index (χ1) is 16.6. The lowest BCUT2D eigenvalue weighted by molar-refractivity contribution is 0.0607. The van der Waals surface area contributed by atoms with Gasteiger partial charge in [-0.3, -0.25) is 9.78 Å². The number of hydrogen-bond acceptors (Lipinski definition) is 5. The van der Waals surface area contributed by atoms with E-state index in [1.165, 1.54) is 0 Å². The molecule has 1 aliphatic heterocycles. The van der Waals surface area contributed by atoms with Crippen LogP contribution < -0.4 is 5.73 Å². The summed E-state index contributed by atoms with van der Waals surface area (Å²) in [5.74, 6) is 0.445. The van der Waals surface area contributed by atoms with Crippen molar-refractivity contribution in [1.29, 1.82) is 0 Å². The molecular weight excluding hydrogens is 424 g/mol. The number of aryl methyl sites for hydroxylation is 1. The van der Waals surface area contributed by atoms with Crippen LogP contribution >= 0.6 is 0 Å². The molecule has 1 amide bonds. The predicted molar refractivity (Wildman–Crippen MR) is 132 cm³/mol. The van der Waals surface area contributed by atoms with Crippen molar-refractivity contribution in [3.63, 3.8) is 0 Å². The zero-order valence-electron chi connectivity index (χ0n) is 19.5. The van der Waals surface area contributed by atoms with E-state index in [4.69, 9.17) is 15.8 Å². The molecule has 4 aromatic rings. The van der Waals surface area contributed by atoms with Gasteiger partial charge in [-0.05, 0) is 63.1 Å². The van der Waals surface area contributed by atoms with Crippen LogP contribution in [0.15, 0.2) is 48.8 Å². The molecule has 3 aromatic heterocycles. The largest absolute Gasteiger partial charge is 0.330 e. The molecule has 1 saturated heterocycles. The number of pyridine rings is 1. The van der Waals surface area contributed by atoms with Crippen LogP contribution in [0, 0.1) is 6.92 Å². The number of piperidine rings is 1. The van der Waals surface area contributed by atoms with Gasteiger partial charge >= 0.3 is 0 Å². The van der Waals surface area contributed by atoms with Crippen molar-refractivity contribution in [2.24, 2.45) is 5.73 Å². The Morgan fingerprint density at radius 2 is 2.00 bits per heavy atom. The lowest BCUT2D eigenvalue weighted by atomic mass is 9.97. The van der Waals surface area contributed by atoms with E-state index >= 15 is 0 Å². The molecule has 174 valence electrons.